The van der Waals surface area contributed by atoms with Crippen LogP contribution in [0.25, 0.3) is 0 Å². The van der Waals surface area contributed by atoms with Gasteiger partial charge >= 0.3 is 30.4 Å². The number of esters is 1. The molecule has 0 amide bonds. The van der Waals surface area contributed by atoms with E-state index in [0.717, 1.165) is 6.92 Å². The van der Waals surface area contributed by atoms with Gasteiger partial charge in [-0.15, -0.1) is 0 Å². The van der Waals surface area contributed by atoms with Crippen molar-refractivity contribution in [2.75, 3.05) is 6.61 Å². The van der Waals surface area contributed by atoms with Gasteiger partial charge in [-0.05, 0) is 6.92 Å². The summed E-state index contributed by atoms with van der Waals surface area (Å²) >= 11 is 0. The molecule has 3 nitrogen and oxygen atoms in total. The van der Waals surface area contributed by atoms with E-state index in [-0.39, 0.29) is 0 Å². The van der Waals surface area contributed by atoms with Crippen LogP contribution >= 0.6 is 0 Å². The van der Waals surface area contributed by atoms with E-state index in [0.29, 0.717) is 0 Å². The number of hydrogen-bond donors (Lipinski definition) is 0. The monoisotopic (exact) mass is 366 g/mol. The fourth-order valence-electron chi connectivity index (χ4n) is 0.888. The lowest BCUT2D eigenvalue weighted by Crippen LogP contribution is -2.56. The predicted octanol–water partition coefficient (Wildman–Crippen LogP) is 3.84. The molecule has 1 atom stereocenters. The summed E-state index contributed by atoms with van der Waals surface area (Å²) in [6.07, 6.45) is -23.2. The molecule has 0 aromatic heterocycles. The highest BCUT2D eigenvalue weighted by Gasteiger charge is 2.75. The van der Waals surface area contributed by atoms with E-state index in [1.54, 1.807) is 0 Å². The first-order valence-corrected chi connectivity index (χ1v) is 5.33. The molecule has 0 aliphatic heterocycles. The van der Waals surface area contributed by atoms with E-state index in [9.17, 15) is 48.7 Å². The summed E-state index contributed by atoms with van der Waals surface area (Å²) in [6, 6.07) is 0. The average molecular weight is 366 g/mol. The van der Waals surface area contributed by atoms with E-state index in [2.05, 4.69) is 16.1 Å². The second-order valence-electron chi connectivity index (χ2n) is 4.12. The quantitative estimate of drug-likeness (QED) is 0.407. The van der Waals surface area contributed by atoms with Gasteiger partial charge in [0.25, 0.3) is 0 Å². The highest BCUT2D eigenvalue weighted by atomic mass is 19.4. The Bertz CT molecular complexity index is 451. The van der Waals surface area contributed by atoms with E-state index in [1.165, 1.54) is 0 Å². The predicted molar refractivity (Wildman–Crippen MR) is 52.7 cm³/mol. The van der Waals surface area contributed by atoms with Gasteiger partial charge in [0.1, 0.15) is 6.61 Å². The van der Waals surface area contributed by atoms with Crippen molar-refractivity contribution in [1.82, 2.24) is 0 Å². The van der Waals surface area contributed by atoms with Gasteiger partial charge in [-0.25, -0.2) is 4.79 Å². The summed E-state index contributed by atoms with van der Waals surface area (Å²) < 4.78 is 130. The molecule has 0 N–H and O–H groups in total. The van der Waals surface area contributed by atoms with Crippen LogP contribution in [0.15, 0.2) is 12.2 Å². The Labute approximate surface area is 121 Å². The highest BCUT2D eigenvalue weighted by molar-refractivity contribution is 5.86. The Kier molecular flexibility index (Phi) is 6.10. The van der Waals surface area contributed by atoms with E-state index >= 15 is 0 Å². The van der Waals surface area contributed by atoms with Crippen LogP contribution in [0.2, 0.25) is 0 Å². The van der Waals surface area contributed by atoms with Crippen LogP contribution in [0.1, 0.15) is 6.92 Å². The van der Waals surface area contributed by atoms with E-state index in [4.69, 9.17) is 0 Å². The van der Waals surface area contributed by atoms with Gasteiger partial charge in [0.15, 0.2) is 6.10 Å². The maximum Gasteiger partial charge on any atom is 0.462 e. The van der Waals surface area contributed by atoms with Gasteiger partial charge in [0.05, 0.1) is 0 Å². The van der Waals surface area contributed by atoms with Gasteiger partial charge in [0, 0.05) is 5.57 Å². The Morgan fingerprint density at radius 3 is 1.74 bits per heavy atom. The van der Waals surface area contributed by atoms with Crippen LogP contribution in [-0.2, 0) is 14.3 Å². The van der Waals surface area contributed by atoms with Crippen molar-refractivity contribution < 1.29 is 58.2 Å². The van der Waals surface area contributed by atoms with Crippen LogP contribution in [0.5, 0.6) is 0 Å². The molecular weight excluding hydrogens is 358 g/mol. The number of ether oxygens (including phenoxy) is 2. The van der Waals surface area contributed by atoms with E-state index in [1.807, 2.05) is 0 Å². The average Bonchev–Trinajstić information content (AvgIpc) is 2.30. The number of halogens is 10. The molecule has 0 rings (SSSR count). The third-order valence-electron chi connectivity index (χ3n) is 2.09. The minimum atomic E-state index is -6.90. The number of carbonyl (C=O) groups excluding carboxylic acids is 1. The summed E-state index contributed by atoms with van der Waals surface area (Å²) in [7, 11) is 0. The SMILES string of the molecule is C=C(C)C(=O)OCC(OC(F)(F)C(F)(F)C(F)(F)F)C(F)(F)F. The lowest BCUT2D eigenvalue weighted by Gasteiger charge is -2.31. The Hall–Kier alpha value is -1.53. The Balaban J connectivity index is 5.32. The molecule has 0 aliphatic rings. The maximum absolute atomic E-state index is 12.8. The molecule has 0 heterocycles. The van der Waals surface area contributed by atoms with Crippen molar-refractivity contribution in [3.63, 3.8) is 0 Å². The van der Waals surface area contributed by atoms with E-state index < -0.39 is 48.6 Å². The third kappa shape index (κ3) is 5.25. The first-order chi connectivity index (χ1) is 9.93. The Morgan fingerprint density at radius 2 is 1.43 bits per heavy atom. The third-order valence-corrected chi connectivity index (χ3v) is 2.09. The first-order valence-electron chi connectivity index (χ1n) is 5.33. The van der Waals surface area contributed by atoms with Crippen LogP contribution in [0, 0.1) is 0 Å². The van der Waals surface area contributed by atoms with Crippen LogP contribution < -0.4 is 0 Å². The summed E-state index contributed by atoms with van der Waals surface area (Å²) in [5.74, 6) is -8.42. The van der Waals surface area contributed by atoms with Gasteiger partial charge in [-0.3, -0.25) is 4.74 Å². The van der Waals surface area contributed by atoms with Crippen molar-refractivity contribution in [1.29, 1.82) is 0 Å². The van der Waals surface area contributed by atoms with Crippen molar-refractivity contribution in [3.05, 3.63) is 12.2 Å². The maximum atomic E-state index is 12.8. The number of carbonyl (C=O) groups is 1. The summed E-state index contributed by atoms with van der Waals surface area (Å²) in [6.45, 7) is 1.81. The molecule has 0 bridgehead atoms. The highest BCUT2D eigenvalue weighted by Crippen LogP contribution is 2.48. The van der Waals surface area contributed by atoms with Crippen molar-refractivity contribution >= 4 is 5.97 Å². The lowest BCUT2D eigenvalue weighted by atomic mass is 10.3. The molecule has 0 saturated carbocycles. The normalized spacial score (nSPS) is 15.3. The van der Waals surface area contributed by atoms with Crippen molar-refractivity contribution in [2.45, 2.75) is 37.4 Å². The topological polar surface area (TPSA) is 35.5 Å². The van der Waals surface area contributed by atoms with Crippen molar-refractivity contribution in [3.8, 4) is 0 Å². The second kappa shape index (κ2) is 6.53. The molecule has 0 aromatic carbocycles. The minimum absolute atomic E-state index is 0.474. The van der Waals surface area contributed by atoms with Crippen LogP contribution in [-0.4, -0.2) is 43.1 Å². The fraction of sp³-hybridized carbons (Fsp3) is 0.700. The van der Waals surface area contributed by atoms with Gasteiger partial charge in [-0.2, -0.15) is 43.9 Å². The molecule has 13 heteroatoms. The smallest absolute Gasteiger partial charge is 0.459 e. The summed E-state index contributed by atoms with van der Waals surface area (Å²) in [4.78, 5) is 10.8. The molecule has 23 heavy (non-hydrogen) atoms. The molecule has 0 saturated heterocycles. The molecule has 0 aliphatic carbocycles. The largest absolute Gasteiger partial charge is 0.462 e. The standard InChI is InChI=1S/C10H8F10O3/c1-4(2)6(21)22-3-5(7(11,12)13)23-10(19,20)8(14,15)9(16,17)18/h5H,1,3H2,2H3. The molecule has 0 radical (unpaired) electrons. The molecular formula is C10H8F10O3. The molecule has 136 valence electrons. The first kappa shape index (κ1) is 21.5. The number of rotatable bonds is 6. The van der Waals surface area contributed by atoms with Gasteiger partial charge in [-0.1, -0.05) is 6.58 Å². The minimum Gasteiger partial charge on any atom is -0.459 e. The van der Waals surface area contributed by atoms with Crippen molar-refractivity contribution in [2.24, 2.45) is 0 Å². The number of hydrogen-bond acceptors (Lipinski definition) is 3. The lowest BCUT2D eigenvalue weighted by molar-refractivity contribution is -0.446. The fourth-order valence-corrected chi connectivity index (χ4v) is 0.888. The molecule has 0 fully saturated rings. The molecule has 0 spiro atoms. The molecule has 1 unspecified atom stereocenters. The van der Waals surface area contributed by atoms with Crippen LogP contribution in [0.3, 0.4) is 0 Å². The second-order valence-corrected chi connectivity index (χ2v) is 4.12. The zero-order valence-electron chi connectivity index (χ0n) is 11.0. The van der Waals surface area contributed by atoms with Gasteiger partial charge in [0.2, 0.25) is 0 Å². The summed E-state index contributed by atoms with van der Waals surface area (Å²) in [5, 5.41) is 0. The molecule has 0 aromatic rings. The summed E-state index contributed by atoms with van der Waals surface area (Å²) in [5.41, 5.74) is -0.474. The van der Waals surface area contributed by atoms with Crippen LogP contribution in [0.4, 0.5) is 43.9 Å². The number of alkyl halides is 10. The van der Waals surface area contributed by atoms with Gasteiger partial charge < -0.3 is 4.74 Å². The zero-order valence-corrected chi connectivity index (χ0v) is 11.0. The zero-order chi connectivity index (χ0) is 18.9. The Morgan fingerprint density at radius 1 is 1.00 bits per heavy atom.